The zero-order valence-electron chi connectivity index (χ0n) is 16.6. The number of esters is 1. The predicted octanol–water partition coefficient (Wildman–Crippen LogP) is 2.75. The standard InChI is InChI=1S/C22H20N2O6/c1-13-3-5-16-15(7-13)19(9-17(24-16)22(26)27-2)28-11-21(25)23-10-14-4-6-18-20(8-14)30-12-29-18/h3-9H,10-12H2,1-2H3,(H,23,25). The topological polar surface area (TPSA) is 96.0 Å². The molecule has 8 nitrogen and oxygen atoms in total. The maximum Gasteiger partial charge on any atom is 0.356 e. The van der Waals surface area contributed by atoms with Crippen LogP contribution in [0.5, 0.6) is 17.2 Å². The number of methoxy groups -OCH3 is 1. The number of nitrogens with zero attached hydrogens (tertiary/aromatic N) is 1. The molecule has 1 N–H and O–H groups in total. The third-order valence-corrected chi connectivity index (χ3v) is 4.61. The van der Waals surface area contributed by atoms with Gasteiger partial charge >= 0.3 is 5.97 Å². The van der Waals surface area contributed by atoms with Gasteiger partial charge in [-0.3, -0.25) is 4.79 Å². The van der Waals surface area contributed by atoms with E-state index in [0.29, 0.717) is 34.7 Å². The van der Waals surface area contributed by atoms with Gasteiger partial charge in [-0.05, 0) is 36.8 Å². The molecule has 3 aromatic rings. The van der Waals surface area contributed by atoms with Crippen LogP contribution in [-0.2, 0) is 16.1 Å². The fraction of sp³-hybridized carbons (Fsp3) is 0.227. The molecule has 0 radical (unpaired) electrons. The highest BCUT2D eigenvalue weighted by molar-refractivity contribution is 5.94. The summed E-state index contributed by atoms with van der Waals surface area (Å²) in [4.78, 5) is 28.5. The van der Waals surface area contributed by atoms with Crippen molar-refractivity contribution < 1.29 is 28.5 Å². The van der Waals surface area contributed by atoms with Crippen molar-refractivity contribution in [2.45, 2.75) is 13.5 Å². The molecule has 1 amide bonds. The molecule has 0 saturated carbocycles. The van der Waals surface area contributed by atoms with Crippen molar-refractivity contribution in [1.82, 2.24) is 10.3 Å². The SMILES string of the molecule is COC(=O)c1cc(OCC(=O)NCc2ccc3c(c2)OCO3)c2cc(C)ccc2n1. The molecule has 2 aromatic carbocycles. The van der Waals surface area contributed by atoms with Gasteiger partial charge in [0.1, 0.15) is 5.75 Å². The van der Waals surface area contributed by atoms with E-state index < -0.39 is 5.97 Å². The van der Waals surface area contributed by atoms with Gasteiger partial charge in [0.05, 0.1) is 12.6 Å². The van der Waals surface area contributed by atoms with Crippen LogP contribution in [0.1, 0.15) is 21.6 Å². The Morgan fingerprint density at radius 2 is 1.93 bits per heavy atom. The Kier molecular flexibility index (Phi) is 5.38. The number of aromatic nitrogens is 1. The first-order valence-electron chi connectivity index (χ1n) is 9.31. The Morgan fingerprint density at radius 3 is 2.77 bits per heavy atom. The quantitative estimate of drug-likeness (QED) is 0.627. The van der Waals surface area contributed by atoms with Gasteiger partial charge in [-0.15, -0.1) is 0 Å². The third kappa shape index (κ3) is 4.12. The van der Waals surface area contributed by atoms with E-state index in [2.05, 4.69) is 10.3 Å². The molecule has 0 bridgehead atoms. The van der Waals surface area contributed by atoms with E-state index in [1.54, 1.807) is 12.1 Å². The van der Waals surface area contributed by atoms with Gasteiger partial charge < -0.3 is 24.3 Å². The summed E-state index contributed by atoms with van der Waals surface area (Å²) in [5.41, 5.74) is 2.58. The maximum atomic E-state index is 12.3. The summed E-state index contributed by atoms with van der Waals surface area (Å²) < 4.78 is 21.1. The van der Waals surface area contributed by atoms with Crippen LogP contribution in [0.4, 0.5) is 0 Å². The van der Waals surface area contributed by atoms with E-state index in [9.17, 15) is 9.59 Å². The molecule has 0 spiro atoms. The van der Waals surface area contributed by atoms with Gasteiger partial charge in [-0.25, -0.2) is 9.78 Å². The van der Waals surface area contributed by atoms with Crippen molar-refractivity contribution in [2.75, 3.05) is 20.5 Å². The van der Waals surface area contributed by atoms with Gasteiger partial charge in [-0.1, -0.05) is 17.7 Å². The molecular weight excluding hydrogens is 388 g/mol. The number of rotatable bonds is 6. The summed E-state index contributed by atoms with van der Waals surface area (Å²) in [6, 6.07) is 12.5. The number of amides is 1. The molecule has 8 heteroatoms. The Hall–Kier alpha value is -3.81. The number of fused-ring (bicyclic) bond motifs is 2. The molecule has 0 fully saturated rings. The number of carbonyl (C=O) groups excluding carboxylic acids is 2. The minimum absolute atomic E-state index is 0.115. The number of ether oxygens (including phenoxy) is 4. The highest BCUT2D eigenvalue weighted by atomic mass is 16.7. The number of nitrogens with one attached hydrogen (secondary N) is 1. The Morgan fingerprint density at radius 1 is 1.10 bits per heavy atom. The summed E-state index contributed by atoms with van der Waals surface area (Å²) in [6.07, 6.45) is 0. The molecule has 154 valence electrons. The zero-order valence-corrected chi connectivity index (χ0v) is 16.6. The van der Waals surface area contributed by atoms with E-state index in [1.807, 2.05) is 31.2 Å². The van der Waals surface area contributed by atoms with Gasteiger partial charge in [0.25, 0.3) is 5.91 Å². The van der Waals surface area contributed by atoms with Crippen LogP contribution in [0, 0.1) is 6.92 Å². The lowest BCUT2D eigenvalue weighted by Crippen LogP contribution is -2.28. The van der Waals surface area contributed by atoms with Gasteiger partial charge in [0, 0.05) is 18.0 Å². The maximum absolute atomic E-state index is 12.3. The van der Waals surface area contributed by atoms with Crippen LogP contribution in [0.2, 0.25) is 0 Å². The number of hydrogen-bond acceptors (Lipinski definition) is 7. The highest BCUT2D eigenvalue weighted by Gasteiger charge is 2.16. The average Bonchev–Trinajstić information content (AvgIpc) is 3.23. The van der Waals surface area contributed by atoms with E-state index in [-0.39, 0.29) is 25.0 Å². The van der Waals surface area contributed by atoms with Gasteiger partial charge in [-0.2, -0.15) is 0 Å². The Labute approximate surface area is 172 Å². The van der Waals surface area contributed by atoms with E-state index >= 15 is 0 Å². The lowest BCUT2D eigenvalue weighted by atomic mass is 10.1. The van der Waals surface area contributed by atoms with Crippen LogP contribution in [0.15, 0.2) is 42.5 Å². The Bertz CT molecular complexity index is 1130. The van der Waals surface area contributed by atoms with E-state index in [0.717, 1.165) is 11.1 Å². The van der Waals surface area contributed by atoms with E-state index in [1.165, 1.54) is 13.2 Å². The van der Waals surface area contributed by atoms with Crippen LogP contribution in [0.25, 0.3) is 10.9 Å². The molecule has 30 heavy (non-hydrogen) atoms. The normalized spacial score (nSPS) is 11.9. The summed E-state index contributed by atoms with van der Waals surface area (Å²) in [5, 5.41) is 3.51. The monoisotopic (exact) mass is 408 g/mol. The van der Waals surface area contributed by atoms with Crippen molar-refractivity contribution in [3.8, 4) is 17.2 Å². The first-order chi connectivity index (χ1) is 14.5. The summed E-state index contributed by atoms with van der Waals surface area (Å²) in [5.74, 6) is 0.864. The molecule has 1 aliphatic heterocycles. The van der Waals surface area contributed by atoms with Crippen molar-refractivity contribution in [3.05, 3.63) is 59.3 Å². The predicted molar refractivity (Wildman–Crippen MR) is 108 cm³/mol. The smallest absolute Gasteiger partial charge is 0.356 e. The molecule has 0 saturated heterocycles. The number of benzene rings is 2. The van der Waals surface area contributed by atoms with Crippen LogP contribution < -0.4 is 19.5 Å². The minimum Gasteiger partial charge on any atom is -0.483 e. The Balaban J connectivity index is 1.45. The summed E-state index contributed by atoms with van der Waals surface area (Å²) in [7, 11) is 1.29. The van der Waals surface area contributed by atoms with Crippen LogP contribution >= 0.6 is 0 Å². The molecule has 2 heterocycles. The first kappa shape index (κ1) is 19.5. The molecule has 0 aliphatic carbocycles. The van der Waals surface area contributed by atoms with Gasteiger partial charge in [0.15, 0.2) is 23.8 Å². The molecule has 0 atom stereocenters. The highest BCUT2D eigenvalue weighted by Crippen LogP contribution is 2.32. The number of hydrogen-bond donors (Lipinski definition) is 1. The summed E-state index contributed by atoms with van der Waals surface area (Å²) >= 11 is 0. The van der Waals surface area contributed by atoms with Crippen molar-refractivity contribution in [2.24, 2.45) is 0 Å². The summed E-state index contributed by atoms with van der Waals surface area (Å²) in [6.45, 7) is 2.25. The van der Waals surface area contributed by atoms with E-state index in [4.69, 9.17) is 18.9 Å². The fourth-order valence-corrected chi connectivity index (χ4v) is 3.08. The fourth-order valence-electron chi connectivity index (χ4n) is 3.08. The number of carbonyl (C=O) groups is 2. The zero-order chi connectivity index (χ0) is 21.1. The average molecular weight is 408 g/mol. The second-order valence-electron chi connectivity index (χ2n) is 6.77. The minimum atomic E-state index is -0.574. The van der Waals surface area contributed by atoms with Crippen molar-refractivity contribution in [1.29, 1.82) is 0 Å². The number of aryl methyl sites for hydroxylation is 1. The second kappa shape index (κ2) is 8.28. The van der Waals surface area contributed by atoms with Gasteiger partial charge in [0.2, 0.25) is 6.79 Å². The van der Waals surface area contributed by atoms with Crippen LogP contribution in [-0.4, -0.2) is 37.4 Å². The second-order valence-corrected chi connectivity index (χ2v) is 6.77. The molecule has 4 rings (SSSR count). The van der Waals surface area contributed by atoms with Crippen molar-refractivity contribution in [3.63, 3.8) is 0 Å². The molecule has 1 aliphatic rings. The largest absolute Gasteiger partial charge is 0.483 e. The molecule has 1 aromatic heterocycles. The molecule has 0 unspecified atom stereocenters. The number of pyridine rings is 1. The molecular formula is C22H20N2O6. The van der Waals surface area contributed by atoms with Crippen LogP contribution in [0.3, 0.4) is 0 Å². The third-order valence-electron chi connectivity index (χ3n) is 4.61. The lowest BCUT2D eigenvalue weighted by Gasteiger charge is -2.12. The first-order valence-corrected chi connectivity index (χ1v) is 9.31. The van der Waals surface area contributed by atoms with Crippen molar-refractivity contribution >= 4 is 22.8 Å². The lowest BCUT2D eigenvalue weighted by molar-refractivity contribution is -0.123.